The fraction of sp³-hybridized carbons (Fsp3) is 0.0769. The van der Waals surface area contributed by atoms with Crippen LogP contribution < -0.4 is 5.32 Å². The smallest absolute Gasteiger partial charge is 0.259 e. The van der Waals surface area contributed by atoms with E-state index in [0.29, 0.717) is 11.3 Å². The Morgan fingerprint density at radius 2 is 2.10 bits per heavy atom. The predicted molar refractivity (Wildman–Crippen MR) is 72.6 cm³/mol. The first-order valence-electron chi connectivity index (χ1n) is 6.00. The van der Waals surface area contributed by atoms with Crippen LogP contribution in [0.5, 0.6) is 0 Å². The maximum Gasteiger partial charge on any atom is 0.259 e. The summed E-state index contributed by atoms with van der Waals surface area (Å²) in [5, 5.41) is 16.9. The van der Waals surface area contributed by atoms with Gasteiger partial charge in [-0.15, -0.1) is 10.2 Å². The summed E-state index contributed by atoms with van der Waals surface area (Å²) < 4.78 is 1.76. The molecule has 2 aromatic heterocycles. The number of carbonyl (C=O) groups excluding carboxylic acids is 1. The van der Waals surface area contributed by atoms with Gasteiger partial charge in [-0.2, -0.15) is 5.10 Å². The van der Waals surface area contributed by atoms with Crippen LogP contribution in [0.4, 0.5) is 5.69 Å². The van der Waals surface area contributed by atoms with Crippen LogP contribution in [-0.4, -0.2) is 30.9 Å². The minimum Gasteiger partial charge on any atom is -0.322 e. The highest BCUT2D eigenvalue weighted by atomic mass is 16.1. The number of anilines is 1. The van der Waals surface area contributed by atoms with Gasteiger partial charge in [0.15, 0.2) is 0 Å². The van der Waals surface area contributed by atoms with Gasteiger partial charge in [-0.05, 0) is 25.1 Å². The van der Waals surface area contributed by atoms with E-state index in [1.165, 1.54) is 6.20 Å². The first-order valence-corrected chi connectivity index (χ1v) is 6.00. The van der Waals surface area contributed by atoms with Crippen molar-refractivity contribution in [2.24, 2.45) is 0 Å². The molecule has 2 heterocycles. The lowest BCUT2D eigenvalue weighted by Gasteiger charge is -2.07. The van der Waals surface area contributed by atoms with Crippen LogP contribution in [0, 0.1) is 6.92 Å². The van der Waals surface area contributed by atoms with Crippen LogP contribution in [-0.2, 0) is 0 Å². The molecule has 0 fully saturated rings. The Morgan fingerprint density at radius 3 is 2.80 bits per heavy atom. The number of benzene rings is 1. The molecule has 20 heavy (non-hydrogen) atoms. The Balaban J connectivity index is 1.83. The molecular weight excluding hydrogens is 256 g/mol. The van der Waals surface area contributed by atoms with Crippen molar-refractivity contribution in [3.05, 3.63) is 54.4 Å². The van der Waals surface area contributed by atoms with E-state index < -0.39 is 0 Å². The summed E-state index contributed by atoms with van der Waals surface area (Å²) in [7, 11) is 0. The molecule has 0 aliphatic rings. The van der Waals surface area contributed by atoms with Crippen LogP contribution in [0.25, 0.3) is 5.69 Å². The summed E-state index contributed by atoms with van der Waals surface area (Å²) >= 11 is 0. The second-order valence-electron chi connectivity index (χ2n) is 4.28. The molecule has 7 nitrogen and oxygen atoms in total. The van der Waals surface area contributed by atoms with E-state index in [9.17, 15) is 4.79 Å². The van der Waals surface area contributed by atoms with Gasteiger partial charge in [0.25, 0.3) is 5.91 Å². The van der Waals surface area contributed by atoms with E-state index in [2.05, 4.69) is 25.7 Å². The average molecular weight is 268 g/mol. The third-order valence-corrected chi connectivity index (χ3v) is 2.90. The van der Waals surface area contributed by atoms with E-state index in [1.807, 2.05) is 24.3 Å². The molecule has 0 unspecified atom stereocenters. The maximum absolute atomic E-state index is 12.1. The highest BCUT2D eigenvalue weighted by Crippen LogP contribution is 2.15. The number of H-pyrrole nitrogens is 1. The fourth-order valence-corrected chi connectivity index (χ4v) is 1.86. The fourth-order valence-electron chi connectivity index (χ4n) is 1.86. The Hall–Kier alpha value is -2.96. The largest absolute Gasteiger partial charge is 0.322 e. The lowest BCUT2D eigenvalue weighted by Crippen LogP contribution is -2.12. The van der Waals surface area contributed by atoms with E-state index in [4.69, 9.17) is 0 Å². The van der Waals surface area contributed by atoms with Crippen molar-refractivity contribution >= 4 is 11.6 Å². The minimum absolute atomic E-state index is 0.197. The van der Waals surface area contributed by atoms with Crippen molar-refractivity contribution in [2.45, 2.75) is 6.92 Å². The molecule has 0 bridgehead atoms. The first-order chi connectivity index (χ1) is 9.74. The summed E-state index contributed by atoms with van der Waals surface area (Å²) in [4.78, 5) is 12.1. The van der Waals surface area contributed by atoms with E-state index in [0.717, 1.165) is 11.4 Å². The van der Waals surface area contributed by atoms with Gasteiger partial charge in [-0.1, -0.05) is 6.07 Å². The Labute approximate surface area is 114 Å². The lowest BCUT2D eigenvalue weighted by atomic mass is 10.2. The Kier molecular flexibility index (Phi) is 3.00. The summed E-state index contributed by atoms with van der Waals surface area (Å²) in [6.07, 6.45) is 4.70. The second-order valence-corrected chi connectivity index (χ2v) is 4.28. The van der Waals surface area contributed by atoms with E-state index >= 15 is 0 Å². The van der Waals surface area contributed by atoms with Gasteiger partial charge in [-0.25, -0.2) is 0 Å². The number of nitrogens with one attached hydrogen (secondary N) is 2. The third kappa shape index (κ3) is 2.28. The van der Waals surface area contributed by atoms with Crippen molar-refractivity contribution in [1.29, 1.82) is 0 Å². The molecule has 0 saturated carbocycles. The Morgan fingerprint density at radius 1 is 1.30 bits per heavy atom. The number of hydrogen-bond acceptors (Lipinski definition) is 4. The molecule has 0 aliphatic carbocycles. The Bertz CT molecular complexity index is 731. The zero-order chi connectivity index (χ0) is 13.9. The van der Waals surface area contributed by atoms with Crippen molar-refractivity contribution in [2.75, 3.05) is 5.32 Å². The van der Waals surface area contributed by atoms with Crippen molar-refractivity contribution in [3.63, 3.8) is 0 Å². The van der Waals surface area contributed by atoms with Crippen molar-refractivity contribution in [3.8, 4) is 5.69 Å². The number of amides is 1. The van der Waals surface area contributed by atoms with Crippen LogP contribution >= 0.6 is 0 Å². The van der Waals surface area contributed by atoms with Gasteiger partial charge in [0.05, 0.1) is 17.4 Å². The highest BCUT2D eigenvalue weighted by Gasteiger charge is 2.11. The van der Waals surface area contributed by atoms with Gasteiger partial charge in [-0.3, -0.25) is 14.5 Å². The number of aromatic amines is 1. The molecule has 0 atom stereocenters. The summed E-state index contributed by atoms with van der Waals surface area (Å²) in [5.74, 6) is -0.197. The van der Waals surface area contributed by atoms with Crippen molar-refractivity contribution in [1.82, 2.24) is 25.0 Å². The lowest BCUT2D eigenvalue weighted by molar-refractivity contribution is 0.102. The molecule has 7 heteroatoms. The zero-order valence-corrected chi connectivity index (χ0v) is 10.7. The van der Waals surface area contributed by atoms with E-state index in [1.54, 1.807) is 24.1 Å². The number of nitrogens with zero attached hydrogens (tertiary/aromatic N) is 4. The molecule has 2 N–H and O–H groups in total. The standard InChI is InChI=1S/C13H12N6O/c1-9-12(6-14-18-9)13(20)17-10-3-2-4-11(5-10)19-7-15-16-8-19/h2-8H,1H3,(H,14,18)(H,17,20). The molecular formula is C13H12N6O. The summed E-state index contributed by atoms with van der Waals surface area (Å²) in [6, 6.07) is 7.42. The van der Waals surface area contributed by atoms with E-state index in [-0.39, 0.29) is 5.91 Å². The third-order valence-electron chi connectivity index (χ3n) is 2.90. The number of carbonyl (C=O) groups is 1. The molecule has 3 rings (SSSR count). The molecule has 0 saturated heterocycles. The topological polar surface area (TPSA) is 88.5 Å². The normalized spacial score (nSPS) is 10.4. The zero-order valence-electron chi connectivity index (χ0n) is 10.7. The van der Waals surface area contributed by atoms with Crippen LogP contribution in [0.3, 0.4) is 0 Å². The summed E-state index contributed by atoms with van der Waals surface area (Å²) in [5.41, 5.74) is 2.83. The summed E-state index contributed by atoms with van der Waals surface area (Å²) in [6.45, 7) is 1.80. The second kappa shape index (κ2) is 4.96. The maximum atomic E-state index is 12.1. The number of rotatable bonds is 3. The number of aryl methyl sites for hydroxylation is 1. The van der Waals surface area contributed by atoms with Crippen LogP contribution in [0.1, 0.15) is 16.1 Å². The van der Waals surface area contributed by atoms with Gasteiger partial charge < -0.3 is 5.32 Å². The van der Waals surface area contributed by atoms with Gasteiger partial charge in [0.2, 0.25) is 0 Å². The first kappa shape index (κ1) is 12.1. The van der Waals surface area contributed by atoms with Crippen LogP contribution in [0.2, 0.25) is 0 Å². The molecule has 1 aromatic carbocycles. The molecule has 3 aromatic rings. The molecule has 0 spiro atoms. The van der Waals surface area contributed by atoms with Gasteiger partial charge in [0.1, 0.15) is 12.7 Å². The van der Waals surface area contributed by atoms with Gasteiger partial charge >= 0.3 is 0 Å². The molecule has 0 aliphatic heterocycles. The van der Waals surface area contributed by atoms with Crippen molar-refractivity contribution < 1.29 is 4.79 Å². The van der Waals surface area contributed by atoms with Crippen LogP contribution in [0.15, 0.2) is 43.1 Å². The molecule has 1 amide bonds. The highest BCUT2D eigenvalue weighted by molar-refractivity contribution is 6.04. The molecule has 0 radical (unpaired) electrons. The molecule has 100 valence electrons. The quantitative estimate of drug-likeness (QED) is 0.754. The predicted octanol–water partition coefficient (Wildman–Crippen LogP) is 1.55. The number of aromatic nitrogens is 5. The van der Waals surface area contributed by atoms with Gasteiger partial charge in [0, 0.05) is 11.4 Å². The monoisotopic (exact) mass is 268 g/mol. The number of hydrogen-bond donors (Lipinski definition) is 2. The minimum atomic E-state index is -0.197. The SMILES string of the molecule is Cc1[nH]ncc1C(=O)Nc1cccc(-n2cnnc2)c1. The average Bonchev–Trinajstić information content (AvgIpc) is 3.09.